The summed E-state index contributed by atoms with van der Waals surface area (Å²) < 4.78 is 14.5. The van der Waals surface area contributed by atoms with Gasteiger partial charge in [0.15, 0.2) is 0 Å². The highest BCUT2D eigenvalue weighted by Crippen LogP contribution is 2.31. The zero-order chi connectivity index (χ0) is 20.2. The number of rotatable bonds is 6. The van der Waals surface area contributed by atoms with Crippen LogP contribution in [-0.4, -0.2) is 52.7 Å². The highest BCUT2D eigenvalue weighted by atomic mass is 19.1. The van der Waals surface area contributed by atoms with E-state index in [0.29, 0.717) is 24.5 Å². The van der Waals surface area contributed by atoms with Crippen molar-refractivity contribution in [3.8, 4) is 0 Å². The van der Waals surface area contributed by atoms with Crippen LogP contribution in [-0.2, 0) is 14.4 Å². The van der Waals surface area contributed by atoms with E-state index in [1.54, 1.807) is 24.0 Å². The van der Waals surface area contributed by atoms with Crippen LogP contribution < -0.4 is 15.5 Å². The molecule has 0 aromatic heterocycles. The summed E-state index contributed by atoms with van der Waals surface area (Å²) in [6, 6.07) is 3.72. The van der Waals surface area contributed by atoms with E-state index in [-0.39, 0.29) is 19.3 Å². The predicted molar refractivity (Wildman–Crippen MR) is 97.0 cm³/mol. The number of imide groups is 1. The molecule has 148 valence electrons. The van der Waals surface area contributed by atoms with Gasteiger partial charge in [-0.15, -0.1) is 0 Å². The van der Waals surface area contributed by atoms with E-state index in [4.69, 9.17) is 5.11 Å². The van der Waals surface area contributed by atoms with Crippen molar-refractivity contribution in [2.45, 2.75) is 44.8 Å². The average molecular weight is 381 g/mol. The van der Waals surface area contributed by atoms with Crippen molar-refractivity contribution in [3.63, 3.8) is 0 Å². The minimum atomic E-state index is -1.26. The molecule has 1 heterocycles. The van der Waals surface area contributed by atoms with Gasteiger partial charge in [0, 0.05) is 25.7 Å². The van der Waals surface area contributed by atoms with Gasteiger partial charge in [0.25, 0.3) is 0 Å². The molecule has 1 fully saturated rings. The first-order chi connectivity index (χ1) is 12.6. The number of carbonyl (C=O) groups excluding carboxylic acids is 2. The van der Waals surface area contributed by atoms with Crippen molar-refractivity contribution in [2.75, 3.05) is 23.3 Å². The first kappa shape index (κ1) is 20.6. The van der Waals surface area contributed by atoms with Gasteiger partial charge in [0.2, 0.25) is 11.8 Å². The van der Waals surface area contributed by atoms with Crippen molar-refractivity contribution < 1.29 is 29.0 Å². The Morgan fingerprint density at radius 2 is 1.93 bits per heavy atom. The van der Waals surface area contributed by atoms with Crippen LogP contribution in [0.25, 0.3) is 0 Å². The van der Waals surface area contributed by atoms with E-state index in [1.807, 2.05) is 0 Å². The number of hydrogen-bond acceptors (Lipinski definition) is 6. The standard InChI is InChI=1S/C18H24FN3O5/c1-11(17(26)21-12(2)23)20-13-3-4-15(14(19)9-13)22-7-5-18(27,6-8-22)10-16(24)25/h3-4,9,11,20,27H,5-8,10H2,1-2H3,(H,24,25)(H,21,23,26). The lowest BCUT2D eigenvalue weighted by Gasteiger charge is -2.38. The summed E-state index contributed by atoms with van der Waals surface area (Å²) in [5, 5.41) is 24.1. The Bertz CT molecular complexity index is 732. The van der Waals surface area contributed by atoms with Crippen molar-refractivity contribution in [1.29, 1.82) is 0 Å². The Morgan fingerprint density at radius 1 is 1.30 bits per heavy atom. The van der Waals surface area contributed by atoms with E-state index in [9.17, 15) is 23.9 Å². The molecule has 1 aromatic rings. The third-order valence-electron chi connectivity index (χ3n) is 4.54. The molecule has 1 saturated heterocycles. The second-order valence-corrected chi connectivity index (χ2v) is 6.86. The number of aliphatic hydroxyl groups is 1. The average Bonchev–Trinajstić information content (AvgIpc) is 2.54. The molecule has 2 amide bonds. The molecule has 9 heteroatoms. The summed E-state index contributed by atoms with van der Waals surface area (Å²) in [6.07, 6.45) is 0.147. The summed E-state index contributed by atoms with van der Waals surface area (Å²) in [5.41, 5.74) is -0.527. The monoisotopic (exact) mass is 381 g/mol. The molecule has 8 nitrogen and oxygen atoms in total. The molecule has 1 aliphatic rings. The number of hydrogen-bond donors (Lipinski definition) is 4. The largest absolute Gasteiger partial charge is 0.481 e. The number of piperidine rings is 1. The van der Waals surface area contributed by atoms with Gasteiger partial charge in [-0.05, 0) is 38.0 Å². The highest BCUT2D eigenvalue weighted by Gasteiger charge is 2.35. The van der Waals surface area contributed by atoms with Gasteiger partial charge in [-0.1, -0.05) is 0 Å². The van der Waals surface area contributed by atoms with Gasteiger partial charge in [-0.3, -0.25) is 19.7 Å². The fraction of sp³-hybridized carbons (Fsp3) is 0.500. The molecule has 1 unspecified atom stereocenters. The second kappa shape index (κ2) is 8.34. The van der Waals surface area contributed by atoms with Gasteiger partial charge in [0.05, 0.1) is 17.7 Å². The van der Waals surface area contributed by atoms with Gasteiger partial charge in [-0.25, -0.2) is 4.39 Å². The molecule has 1 atom stereocenters. The Kier molecular flexibility index (Phi) is 6.37. The maximum atomic E-state index is 14.5. The molecule has 0 bridgehead atoms. The van der Waals surface area contributed by atoms with Crippen LogP contribution >= 0.6 is 0 Å². The highest BCUT2D eigenvalue weighted by molar-refractivity contribution is 5.97. The molecule has 2 rings (SSSR count). The number of carbonyl (C=O) groups is 3. The fourth-order valence-electron chi connectivity index (χ4n) is 3.07. The lowest BCUT2D eigenvalue weighted by atomic mass is 9.88. The molecule has 4 N–H and O–H groups in total. The third kappa shape index (κ3) is 5.65. The van der Waals surface area contributed by atoms with E-state index >= 15 is 0 Å². The zero-order valence-corrected chi connectivity index (χ0v) is 15.3. The van der Waals surface area contributed by atoms with Crippen LogP contribution in [0.3, 0.4) is 0 Å². The first-order valence-electron chi connectivity index (χ1n) is 8.66. The lowest BCUT2D eigenvalue weighted by molar-refractivity contribution is -0.143. The zero-order valence-electron chi connectivity index (χ0n) is 15.3. The maximum absolute atomic E-state index is 14.5. The number of halogens is 1. The van der Waals surface area contributed by atoms with Gasteiger partial charge < -0.3 is 20.4 Å². The summed E-state index contributed by atoms with van der Waals surface area (Å²) in [6.45, 7) is 3.46. The second-order valence-electron chi connectivity index (χ2n) is 6.86. The third-order valence-corrected chi connectivity index (χ3v) is 4.54. The van der Waals surface area contributed by atoms with Gasteiger partial charge in [-0.2, -0.15) is 0 Å². The molecule has 0 radical (unpaired) electrons. The van der Waals surface area contributed by atoms with Crippen molar-refractivity contribution in [1.82, 2.24) is 5.32 Å². The fourth-order valence-corrected chi connectivity index (χ4v) is 3.07. The van der Waals surface area contributed by atoms with Crippen molar-refractivity contribution in [2.24, 2.45) is 0 Å². The van der Waals surface area contributed by atoms with E-state index in [1.165, 1.54) is 13.0 Å². The summed E-state index contributed by atoms with van der Waals surface area (Å²) in [5.74, 6) is -2.54. The van der Waals surface area contributed by atoms with E-state index < -0.39 is 35.2 Å². The molecule has 1 aromatic carbocycles. The molecule has 27 heavy (non-hydrogen) atoms. The molecule has 0 spiro atoms. The normalized spacial score (nSPS) is 17.1. The minimum Gasteiger partial charge on any atom is -0.481 e. The van der Waals surface area contributed by atoms with Gasteiger partial charge >= 0.3 is 5.97 Å². The van der Waals surface area contributed by atoms with Crippen LogP contribution in [0.15, 0.2) is 18.2 Å². The lowest BCUT2D eigenvalue weighted by Crippen LogP contribution is -2.45. The summed E-state index contributed by atoms with van der Waals surface area (Å²) in [4.78, 5) is 35.2. The smallest absolute Gasteiger partial charge is 0.306 e. The number of carboxylic acid groups (broad SMARTS) is 1. The Labute approximate surface area is 156 Å². The van der Waals surface area contributed by atoms with Crippen molar-refractivity contribution >= 4 is 29.2 Å². The Morgan fingerprint density at radius 3 is 2.44 bits per heavy atom. The number of aliphatic carboxylic acids is 1. The Balaban J connectivity index is 2.00. The van der Waals surface area contributed by atoms with Crippen LogP contribution in [0.4, 0.5) is 15.8 Å². The maximum Gasteiger partial charge on any atom is 0.306 e. The predicted octanol–water partition coefficient (Wildman–Crippen LogP) is 1.09. The molecular formula is C18H24FN3O5. The molecule has 0 saturated carbocycles. The Hall–Kier alpha value is -2.68. The molecule has 1 aliphatic heterocycles. The minimum absolute atomic E-state index is 0.237. The van der Waals surface area contributed by atoms with Crippen LogP contribution in [0.1, 0.15) is 33.1 Å². The molecule has 0 aliphatic carbocycles. The quantitative estimate of drug-likeness (QED) is 0.582. The van der Waals surface area contributed by atoms with Crippen LogP contribution in [0, 0.1) is 5.82 Å². The van der Waals surface area contributed by atoms with E-state index in [0.717, 1.165) is 0 Å². The number of benzene rings is 1. The topological polar surface area (TPSA) is 119 Å². The van der Waals surface area contributed by atoms with Crippen molar-refractivity contribution in [3.05, 3.63) is 24.0 Å². The number of nitrogens with one attached hydrogen (secondary N) is 2. The molecular weight excluding hydrogens is 357 g/mol. The summed E-state index contributed by atoms with van der Waals surface area (Å²) in [7, 11) is 0. The first-order valence-corrected chi connectivity index (χ1v) is 8.66. The number of amides is 2. The van der Waals surface area contributed by atoms with Crippen LogP contribution in [0.2, 0.25) is 0 Å². The number of carboxylic acids is 1. The number of anilines is 2. The van der Waals surface area contributed by atoms with E-state index in [2.05, 4.69) is 10.6 Å². The number of nitrogens with zero attached hydrogens (tertiary/aromatic N) is 1. The van der Waals surface area contributed by atoms with Crippen LogP contribution in [0.5, 0.6) is 0 Å². The SMILES string of the molecule is CC(=O)NC(=O)C(C)Nc1ccc(N2CCC(O)(CC(=O)O)CC2)c(F)c1. The summed E-state index contributed by atoms with van der Waals surface area (Å²) >= 11 is 0. The van der Waals surface area contributed by atoms with Gasteiger partial charge in [0.1, 0.15) is 11.9 Å².